The van der Waals surface area contributed by atoms with Crippen LogP contribution in [0, 0.1) is 5.82 Å². The minimum absolute atomic E-state index is 0.0751. The highest BCUT2D eigenvalue weighted by Gasteiger charge is 2.16. The molecule has 0 saturated carbocycles. The van der Waals surface area contributed by atoms with Gasteiger partial charge in [-0.05, 0) is 59.0 Å². The van der Waals surface area contributed by atoms with E-state index in [1.807, 2.05) is 18.2 Å². The monoisotopic (exact) mass is 311 g/mol. The van der Waals surface area contributed by atoms with Gasteiger partial charge in [-0.15, -0.1) is 0 Å². The standard InChI is InChI=1S/C19H18FNO2/c1-11(2)13-5-8-17-15(9-13)16(10-18(22)23)19(21-17)12-3-6-14(20)7-4-12/h3-9,11,21H,10H2,1-2H3,(H,22,23). The van der Waals surface area contributed by atoms with Crippen LogP contribution in [0.3, 0.4) is 0 Å². The molecule has 0 unspecified atom stereocenters. The number of H-pyrrole nitrogens is 1. The number of hydrogen-bond acceptors (Lipinski definition) is 1. The van der Waals surface area contributed by atoms with Gasteiger partial charge in [-0.3, -0.25) is 4.79 Å². The van der Waals surface area contributed by atoms with Gasteiger partial charge in [-0.2, -0.15) is 0 Å². The highest BCUT2D eigenvalue weighted by Crippen LogP contribution is 2.32. The lowest BCUT2D eigenvalue weighted by Crippen LogP contribution is -2.01. The Morgan fingerprint density at radius 2 is 1.87 bits per heavy atom. The molecule has 118 valence electrons. The predicted octanol–water partition coefficient (Wildman–Crippen LogP) is 4.72. The fraction of sp³-hybridized carbons (Fsp3) is 0.211. The van der Waals surface area contributed by atoms with E-state index < -0.39 is 5.97 Å². The van der Waals surface area contributed by atoms with Gasteiger partial charge >= 0.3 is 5.97 Å². The summed E-state index contributed by atoms with van der Waals surface area (Å²) in [6.07, 6.45) is -0.0751. The highest BCUT2D eigenvalue weighted by molar-refractivity contribution is 5.94. The smallest absolute Gasteiger partial charge is 0.307 e. The van der Waals surface area contributed by atoms with Crippen LogP contribution >= 0.6 is 0 Å². The van der Waals surface area contributed by atoms with Crippen LogP contribution in [-0.2, 0) is 11.2 Å². The van der Waals surface area contributed by atoms with Crippen LogP contribution < -0.4 is 0 Å². The average Bonchev–Trinajstić information content (AvgIpc) is 2.85. The van der Waals surface area contributed by atoms with Crippen LogP contribution in [0.25, 0.3) is 22.2 Å². The number of aromatic nitrogens is 1. The largest absolute Gasteiger partial charge is 0.481 e. The molecule has 0 aliphatic carbocycles. The van der Waals surface area contributed by atoms with Crippen molar-refractivity contribution in [2.45, 2.75) is 26.2 Å². The Kier molecular flexibility index (Phi) is 3.90. The first kappa shape index (κ1) is 15.3. The van der Waals surface area contributed by atoms with Crippen molar-refractivity contribution < 1.29 is 14.3 Å². The first-order valence-corrected chi connectivity index (χ1v) is 7.58. The van der Waals surface area contributed by atoms with Gasteiger partial charge in [-0.25, -0.2) is 4.39 Å². The van der Waals surface area contributed by atoms with Gasteiger partial charge in [0.25, 0.3) is 0 Å². The number of benzene rings is 2. The second-order valence-electron chi connectivity index (χ2n) is 6.02. The van der Waals surface area contributed by atoms with Gasteiger partial charge in [0.2, 0.25) is 0 Å². The lowest BCUT2D eigenvalue weighted by molar-refractivity contribution is -0.136. The summed E-state index contributed by atoms with van der Waals surface area (Å²) in [6.45, 7) is 4.21. The minimum atomic E-state index is -0.885. The molecule has 3 nitrogen and oxygen atoms in total. The molecule has 3 aromatic rings. The van der Waals surface area contributed by atoms with E-state index in [0.29, 0.717) is 5.92 Å². The van der Waals surface area contributed by atoms with Crippen LogP contribution in [0.1, 0.15) is 30.9 Å². The van der Waals surface area contributed by atoms with Crippen molar-refractivity contribution >= 4 is 16.9 Å². The molecular formula is C19H18FNO2. The molecule has 2 N–H and O–H groups in total. The predicted molar refractivity (Wildman–Crippen MR) is 89.1 cm³/mol. The Morgan fingerprint density at radius 3 is 2.48 bits per heavy atom. The summed E-state index contributed by atoms with van der Waals surface area (Å²) in [4.78, 5) is 14.6. The van der Waals surface area contributed by atoms with Crippen LogP contribution in [0.5, 0.6) is 0 Å². The maximum absolute atomic E-state index is 13.2. The van der Waals surface area contributed by atoms with Crippen molar-refractivity contribution in [3.8, 4) is 11.3 Å². The summed E-state index contributed by atoms with van der Waals surface area (Å²) in [5.41, 5.74) is 4.31. The summed E-state index contributed by atoms with van der Waals surface area (Å²) in [5.74, 6) is -0.836. The van der Waals surface area contributed by atoms with E-state index in [1.54, 1.807) is 12.1 Å². The number of aromatic amines is 1. The number of halogens is 1. The third-order valence-electron chi connectivity index (χ3n) is 4.06. The SMILES string of the molecule is CC(C)c1ccc2[nH]c(-c3ccc(F)cc3)c(CC(=O)O)c2c1. The topological polar surface area (TPSA) is 53.1 Å². The van der Waals surface area contributed by atoms with E-state index in [1.165, 1.54) is 12.1 Å². The summed E-state index contributed by atoms with van der Waals surface area (Å²) in [7, 11) is 0. The maximum atomic E-state index is 13.2. The zero-order valence-electron chi connectivity index (χ0n) is 13.1. The quantitative estimate of drug-likeness (QED) is 0.732. The number of fused-ring (bicyclic) bond motifs is 1. The average molecular weight is 311 g/mol. The second-order valence-corrected chi connectivity index (χ2v) is 6.02. The van der Waals surface area contributed by atoms with E-state index in [4.69, 9.17) is 0 Å². The molecule has 1 heterocycles. The van der Waals surface area contributed by atoms with Crippen molar-refractivity contribution in [1.82, 2.24) is 4.98 Å². The molecule has 2 aromatic carbocycles. The van der Waals surface area contributed by atoms with Crippen LogP contribution in [-0.4, -0.2) is 16.1 Å². The number of hydrogen-bond donors (Lipinski definition) is 2. The van der Waals surface area contributed by atoms with E-state index in [9.17, 15) is 14.3 Å². The van der Waals surface area contributed by atoms with E-state index in [0.717, 1.165) is 33.3 Å². The van der Waals surface area contributed by atoms with Gasteiger partial charge in [-0.1, -0.05) is 19.9 Å². The van der Waals surface area contributed by atoms with Crippen molar-refractivity contribution in [1.29, 1.82) is 0 Å². The Bertz CT molecular complexity index is 863. The number of carboxylic acid groups (broad SMARTS) is 1. The van der Waals surface area contributed by atoms with Crippen molar-refractivity contribution in [3.63, 3.8) is 0 Å². The first-order chi connectivity index (χ1) is 11.0. The van der Waals surface area contributed by atoms with Gasteiger partial charge in [0, 0.05) is 10.9 Å². The summed E-state index contributed by atoms with van der Waals surface area (Å²) in [6, 6.07) is 12.1. The van der Waals surface area contributed by atoms with Crippen LogP contribution in [0.4, 0.5) is 4.39 Å². The Labute approximate surface area is 133 Å². The van der Waals surface area contributed by atoms with E-state index >= 15 is 0 Å². The zero-order chi connectivity index (χ0) is 16.6. The molecular weight excluding hydrogens is 293 g/mol. The normalized spacial score (nSPS) is 11.3. The maximum Gasteiger partial charge on any atom is 0.307 e. The summed E-state index contributed by atoms with van der Waals surface area (Å²) in [5, 5.41) is 10.2. The lowest BCUT2D eigenvalue weighted by Gasteiger charge is -2.06. The number of carbonyl (C=O) groups is 1. The van der Waals surface area contributed by atoms with Gasteiger partial charge in [0.15, 0.2) is 0 Å². The van der Waals surface area contributed by atoms with Crippen molar-refractivity contribution in [2.75, 3.05) is 0 Å². The van der Waals surface area contributed by atoms with Crippen molar-refractivity contribution in [2.24, 2.45) is 0 Å². The van der Waals surface area contributed by atoms with Gasteiger partial charge < -0.3 is 10.1 Å². The third kappa shape index (κ3) is 2.97. The molecule has 0 fully saturated rings. The highest BCUT2D eigenvalue weighted by atomic mass is 19.1. The van der Waals surface area contributed by atoms with Crippen molar-refractivity contribution in [3.05, 3.63) is 59.4 Å². The second kappa shape index (κ2) is 5.88. The minimum Gasteiger partial charge on any atom is -0.481 e. The molecule has 0 bridgehead atoms. The Balaban J connectivity index is 2.23. The van der Waals surface area contributed by atoms with Crippen LogP contribution in [0.2, 0.25) is 0 Å². The molecule has 0 amide bonds. The third-order valence-corrected chi connectivity index (χ3v) is 4.06. The van der Waals surface area contributed by atoms with E-state index in [-0.39, 0.29) is 12.2 Å². The molecule has 0 aliphatic rings. The number of aliphatic carboxylic acids is 1. The van der Waals surface area contributed by atoms with Gasteiger partial charge in [0.05, 0.1) is 12.1 Å². The zero-order valence-corrected chi connectivity index (χ0v) is 13.1. The molecule has 1 aromatic heterocycles. The van der Waals surface area contributed by atoms with Crippen LogP contribution in [0.15, 0.2) is 42.5 Å². The fourth-order valence-corrected chi connectivity index (χ4v) is 2.82. The number of nitrogens with one attached hydrogen (secondary N) is 1. The Morgan fingerprint density at radius 1 is 1.17 bits per heavy atom. The molecule has 0 spiro atoms. The van der Waals surface area contributed by atoms with Gasteiger partial charge in [0.1, 0.15) is 5.82 Å². The molecule has 3 rings (SSSR count). The number of rotatable bonds is 4. The molecule has 0 saturated heterocycles. The molecule has 0 radical (unpaired) electrons. The van der Waals surface area contributed by atoms with E-state index in [2.05, 4.69) is 18.8 Å². The Hall–Kier alpha value is -2.62. The first-order valence-electron chi connectivity index (χ1n) is 7.58. The lowest BCUT2D eigenvalue weighted by atomic mass is 9.98. The fourth-order valence-electron chi connectivity index (χ4n) is 2.82. The summed E-state index contributed by atoms with van der Waals surface area (Å²) >= 11 is 0. The molecule has 4 heteroatoms. The molecule has 23 heavy (non-hydrogen) atoms. The summed E-state index contributed by atoms with van der Waals surface area (Å²) < 4.78 is 13.2. The number of carboxylic acids is 1. The molecule has 0 aliphatic heterocycles. The molecule has 0 atom stereocenters.